The second-order valence-electron chi connectivity index (χ2n) is 4.00. The summed E-state index contributed by atoms with van der Waals surface area (Å²) in [5.74, 6) is -1.11. The van der Waals surface area contributed by atoms with E-state index in [2.05, 4.69) is 31.4 Å². The van der Waals surface area contributed by atoms with Crippen molar-refractivity contribution in [2.24, 2.45) is 5.92 Å². The topological polar surface area (TPSA) is 95.1 Å². The molecule has 1 fully saturated rings. The number of hydrogen-bond donors (Lipinski definition) is 3. The molecule has 1 aliphatic carbocycles. The van der Waals surface area contributed by atoms with Crippen LogP contribution >= 0.6 is 15.9 Å². The molecule has 7 heteroatoms. The summed E-state index contributed by atoms with van der Waals surface area (Å²) in [7, 11) is 0. The molecule has 86 valence electrons. The van der Waals surface area contributed by atoms with Crippen LogP contribution in [0.5, 0.6) is 0 Å². The molecule has 0 spiro atoms. The Morgan fingerprint density at radius 2 is 2.38 bits per heavy atom. The third-order valence-corrected chi connectivity index (χ3v) is 3.42. The van der Waals surface area contributed by atoms with Crippen molar-refractivity contribution in [1.82, 2.24) is 10.2 Å². The molecule has 1 aromatic rings. The number of aromatic nitrogens is 2. The number of anilines is 1. The third kappa shape index (κ3) is 2.08. The third-order valence-electron chi connectivity index (χ3n) is 2.55. The Kier molecular flexibility index (Phi) is 2.49. The number of nitrogens with zero attached hydrogens (tertiary/aromatic N) is 1. The summed E-state index contributed by atoms with van der Waals surface area (Å²) < 4.78 is -0.136. The van der Waals surface area contributed by atoms with Gasteiger partial charge in [-0.1, -0.05) is 15.9 Å². The minimum absolute atomic E-state index is 0.0484. The lowest BCUT2D eigenvalue weighted by molar-refractivity contribution is -0.117. The van der Waals surface area contributed by atoms with Gasteiger partial charge in [0.1, 0.15) is 5.69 Å². The van der Waals surface area contributed by atoms with Crippen LogP contribution in [0.3, 0.4) is 0 Å². The maximum absolute atomic E-state index is 11.6. The van der Waals surface area contributed by atoms with E-state index in [4.69, 9.17) is 5.11 Å². The number of aromatic carboxylic acids is 1. The van der Waals surface area contributed by atoms with E-state index >= 15 is 0 Å². The highest BCUT2D eigenvalue weighted by molar-refractivity contribution is 9.10. The number of rotatable bonds is 3. The van der Waals surface area contributed by atoms with Gasteiger partial charge in [0.25, 0.3) is 0 Å². The number of amides is 1. The molecule has 0 aromatic carbocycles. The van der Waals surface area contributed by atoms with Gasteiger partial charge >= 0.3 is 5.97 Å². The first kappa shape index (κ1) is 11.1. The van der Waals surface area contributed by atoms with E-state index in [0.717, 1.165) is 6.42 Å². The van der Waals surface area contributed by atoms with Crippen LogP contribution < -0.4 is 5.32 Å². The highest BCUT2D eigenvalue weighted by Crippen LogP contribution is 2.51. The molecule has 1 saturated carbocycles. The first-order valence-electron chi connectivity index (χ1n) is 4.68. The van der Waals surface area contributed by atoms with Gasteiger partial charge in [0.2, 0.25) is 5.91 Å². The molecule has 16 heavy (non-hydrogen) atoms. The van der Waals surface area contributed by atoms with Crippen LogP contribution in [0.25, 0.3) is 0 Å². The number of carboxylic acids is 1. The summed E-state index contributed by atoms with van der Waals surface area (Å²) in [4.78, 5) is 22.2. The molecular weight excluding hydrogens is 278 g/mol. The summed E-state index contributed by atoms with van der Waals surface area (Å²) in [5, 5.41) is 17.2. The van der Waals surface area contributed by atoms with Crippen LogP contribution in [0, 0.1) is 5.92 Å². The van der Waals surface area contributed by atoms with Crippen molar-refractivity contribution in [3.05, 3.63) is 11.8 Å². The molecule has 0 bridgehead atoms. The second-order valence-corrected chi connectivity index (χ2v) is 5.81. The van der Waals surface area contributed by atoms with Gasteiger partial charge in [-0.05, 0) is 13.3 Å². The number of aromatic amines is 1. The van der Waals surface area contributed by atoms with Crippen LogP contribution in [0.15, 0.2) is 6.07 Å². The lowest BCUT2D eigenvalue weighted by atomic mass is 10.3. The summed E-state index contributed by atoms with van der Waals surface area (Å²) in [6, 6.07) is 1.29. The average Bonchev–Trinajstić information content (AvgIpc) is 2.62. The molecule has 6 nitrogen and oxygen atoms in total. The van der Waals surface area contributed by atoms with Crippen molar-refractivity contribution in [2.75, 3.05) is 5.32 Å². The highest BCUT2D eigenvalue weighted by atomic mass is 79.9. The van der Waals surface area contributed by atoms with Gasteiger partial charge in [-0.25, -0.2) is 4.79 Å². The van der Waals surface area contributed by atoms with Crippen molar-refractivity contribution in [3.8, 4) is 0 Å². The Morgan fingerprint density at radius 3 is 2.81 bits per heavy atom. The number of H-pyrrole nitrogens is 1. The van der Waals surface area contributed by atoms with Crippen molar-refractivity contribution in [1.29, 1.82) is 0 Å². The molecule has 2 unspecified atom stereocenters. The zero-order chi connectivity index (χ0) is 11.9. The van der Waals surface area contributed by atoms with Gasteiger partial charge in [0.05, 0.1) is 5.92 Å². The average molecular weight is 288 g/mol. The van der Waals surface area contributed by atoms with Crippen LogP contribution in [0.1, 0.15) is 23.8 Å². The monoisotopic (exact) mass is 287 g/mol. The van der Waals surface area contributed by atoms with Gasteiger partial charge in [0.15, 0.2) is 5.82 Å². The van der Waals surface area contributed by atoms with E-state index in [0.29, 0.717) is 0 Å². The van der Waals surface area contributed by atoms with E-state index in [1.807, 2.05) is 6.92 Å². The van der Waals surface area contributed by atoms with Crippen molar-refractivity contribution >= 4 is 33.6 Å². The normalized spacial score (nSPS) is 27.5. The van der Waals surface area contributed by atoms with Crippen molar-refractivity contribution in [2.45, 2.75) is 17.7 Å². The van der Waals surface area contributed by atoms with E-state index in [9.17, 15) is 9.59 Å². The first-order valence-corrected chi connectivity index (χ1v) is 5.48. The van der Waals surface area contributed by atoms with E-state index < -0.39 is 5.97 Å². The fourth-order valence-electron chi connectivity index (χ4n) is 1.41. The van der Waals surface area contributed by atoms with Gasteiger partial charge < -0.3 is 10.4 Å². The molecule has 1 heterocycles. The van der Waals surface area contributed by atoms with Crippen LogP contribution in [0.2, 0.25) is 0 Å². The van der Waals surface area contributed by atoms with Crippen LogP contribution in [-0.4, -0.2) is 31.5 Å². The maximum atomic E-state index is 11.6. The van der Waals surface area contributed by atoms with Gasteiger partial charge in [0, 0.05) is 10.4 Å². The number of alkyl halides is 1. The molecule has 2 rings (SSSR count). The Morgan fingerprint density at radius 1 is 1.75 bits per heavy atom. The maximum Gasteiger partial charge on any atom is 0.353 e. The first-order chi connectivity index (χ1) is 7.40. The molecule has 0 radical (unpaired) electrons. The molecule has 1 aromatic heterocycles. The molecular formula is C9H10BrN3O3. The number of carbonyl (C=O) groups excluding carboxylic acids is 1. The van der Waals surface area contributed by atoms with Gasteiger partial charge in [-0.15, -0.1) is 0 Å². The Labute approximate surface area is 99.5 Å². The second kappa shape index (κ2) is 3.58. The molecule has 1 aliphatic rings. The molecule has 1 amide bonds. The van der Waals surface area contributed by atoms with Crippen LogP contribution in [0.4, 0.5) is 5.82 Å². The molecule has 3 N–H and O–H groups in total. The predicted molar refractivity (Wildman–Crippen MR) is 59.6 cm³/mol. The van der Waals surface area contributed by atoms with E-state index in [1.165, 1.54) is 6.07 Å². The Bertz CT molecular complexity index is 455. The molecule has 0 saturated heterocycles. The Hall–Kier alpha value is -1.37. The van der Waals surface area contributed by atoms with E-state index in [-0.39, 0.29) is 27.7 Å². The quantitative estimate of drug-likeness (QED) is 0.729. The minimum Gasteiger partial charge on any atom is -0.477 e. The van der Waals surface area contributed by atoms with Crippen LogP contribution in [-0.2, 0) is 4.79 Å². The fraction of sp³-hybridized carbons (Fsp3) is 0.444. The van der Waals surface area contributed by atoms with Gasteiger partial charge in [-0.2, -0.15) is 5.10 Å². The Balaban J connectivity index is 1.99. The lowest BCUT2D eigenvalue weighted by Gasteiger charge is -2.01. The molecule has 2 atom stereocenters. The smallest absolute Gasteiger partial charge is 0.353 e. The number of nitrogens with one attached hydrogen (secondary N) is 2. The summed E-state index contributed by atoms with van der Waals surface area (Å²) in [6.07, 6.45) is 0.773. The van der Waals surface area contributed by atoms with Crippen molar-refractivity contribution in [3.63, 3.8) is 0 Å². The summed E-state index contributed by atoms with van der Waals surface area (Å²) >= 11 is 3.41. The van der Waals surface area contributed by atoms with Crippen molar-refractivity contribution < 1.29 is 14.7 Å². The zero-order valence-corrected chi connectivity index (χ0v) is 10.0. The highest BCUT2D eigenvalue weighted by Gasteiger charge is 2.52. The number of carbonyl (C=O) groups is 2. The number of hydrogen-bond acceptors (Lipinski definition) is 3. The predicted octanol–water partition coefficient (Wildman–Crippen LogP) is 1.22. The largest absolute Gasteiger partial charge is 0.477 e. The number of halogens is 1. The number of carboxylic acid groups (broad SMARTS) is 1. The summed E-state index contributed by atoms with van der Waals surface area (Å²) in [6.45, 7) is 1.93. The van der Waals surface area contributed by atoms with Gasteiger partial charge in [-0.3, -0.25) is 9.89 Å². The summed E-state index contributed by atoms with van der Waals surface area (Å²) in [5.41, 5.74) is -0.0484. The lowest BCUT2D eigenvalue weighted by Crippen LogP contribution is -2.17. The van der Waals surface area contributed by atoms with E-state index in [1.54, 1.807) is 0 Å². The zero-order valence-electron chi connectivity index (χ0n) is 8.45. The molecule has 0 aliphatic heterocycles. The fourth-order valence-corrected chi connectivity index (χ4v) is 1.95. The minimum atomic E-state index is -1.11. The SMILES string of the molecule is CC1(Br)CC1C(=O)Nc1cc(C(=O)O)[nH]n1. The standard InChI is InChI=1S/C9H10BrN3O3/c1-9(10)3-4(9)7(14)11-6-2-5(8(15)16)12-13-6/h2,4H,3H2,1H3,(H,15,16)(H2,11,12,13,14).